The number of carbonyl (C=O) groups excluding carboxylic acids is 1. The maximum absolute atomic E-state index is 12.1. The van der Waals surface area contributed by atoms with E-state index in [4.69, 9.17) is 9.97 Å². The number of para-hydroxylation sites is 1. The second-order valence-electron chi connectivity index (χ2n) is 7.89. The van der Waals surface area contributed by atoms with Crippen LogP contribution in [0.2, 0.25) is 0 Å². The Bertz CT molecular complexity index is 1010. The smallest absolute Gasteiger partial charge is 0.275 e. The summed E-state index contributed by atoms with van der Waals surface area (Å²) in [4.78, 5) is 29.7. The number of fused-ring (bicyclic) bond motifs is 1. The first-order chi connectivity index (χ1) is 14.3. The fourth-order valence-electron chi connectivity index (χ4n) is 3.87. The number of amides is 1. The van der Waals surface area contributed by atoms with E-state index in [0.717, 1.165) is 61.3 Å². The molecule has 1 aromatic carbocycles. The van der Waals surface area contributed by atoms with Crippen LogP contribution in [0.25, 0.3) is 22.3 Å². The molecule has 0 atom stereocenters. The highest BCUT2D eigenvalue weighted by atomic mass is 16.2. The van der Waals surface area contributed by atoms with Crippen molar-refractivity contribution in [2.75, 3.05) is 37.6 Å². The number of nitrogens with zero attached hydrogens (tertiary/aromatic N) is 4. The second-order valence-corrected chi connectivity index (χ2v) is 7.89. The van der Waals surface area contributed by atoms with E-state index >= 15 is 0 Å². The van der Waals surface area contributed by atoms with Gasteiger partial charge in [0.15, 0.2) is 12.4 Å². The van der Waals surface area contributed by atoms with Gasteiger partial charge >= 0.3 is 0 Å². The lowest BCUT2D eigenvalue weighted by molar-refractivity contribution is -0.892. The third kappa shape index (κ3) is 4.05. The summed E-state index contributed by atoms with van der Waals surface area (Å²) >= 11 is 0. The predicted octanol–water partition coefficient (Wildman–Crippen LogP) is 0.675. The molecule has 7 nitrogen and oxygen atoms in total. The van der Waals surface area contributed by atoms with E-state index < -0.39 is 0 Å². The van der Waals surface area contributed by atoms with Crippen molar-refractivity contribution in [2.24, 2.45) is 0 Å². The monoisotopic (exact) mass is 389 g/mol. The number of piperazine rings is 1. The van der Waals surface area contributed by atoms with Crippen LogP contribution in [0.3, 0.4) is 0 Å². The molecule has 0 spiro atoms. The van der Waals surface area contributed by atoms with E-state index in [2.05, 4.69) is 21.3 Å². The van der Waals surface area contributed by atoms with Crippen LogP contribution in [0.15, 0.2) is 48.8 Å². The minimum atomic E-state index is 0.183. The molecule has 1 saturated carbocycles. The maximum atomic E-state index is 12.1. The van der Waals surface area contributed by atoms with Crippen LogP contribution >= 0.6 is 0 Å². The molecule has 2 aromatic heterocycles. The molecular weight excluding hydrogens is 364 g/mol. The predicted molar refractivity (Wildman–Crippen MR) is 112 cm³/mol. The molecule has 1 saturated heterocycles. The molecule has 1 aliphatic carbocycles. The lowest BCUT2D eigenvalue weighted by Crippen LogP contribution is -3.16. The first-order valence-corrected chi connectivity index (χ1v) is 10.3. The highest BCUT2D eigenvalue weighted by Crippen LogP contribution is 2.27. The first-order valence-electron chi connectivity index (χ1n) is 10.3. The largest absolute Gasteiger partial charge is 0.348 e. The second kappa shape index (κ2) is 7.75. The molecule has 0 bridgehead atoms. The number of aromatic nitrogens is 3. The Morgan fingerprint density at radius 1 is 1.10 bits per heavy atom. The third-order valence-electron chi connectivity index (χ3n) is 5.63. The van der Waals surface area contributed by atoms with Gasteiger partial charge < -0.3 is 15.1 Å². The standard InChI is InChI=1S/C22H24N6O/c29-20(24-17-7-8-17)15-27-10-12-28(13-11-27)22-18-5-1-2-6-19(18)25-21(26-22)16-4-3-9-23-14-16/h1-6,9,14,17H,7-8,10-13,15H2,(H,24,29)/p+1. The van der Waals surface area contributed by atoms with Crippen LogP contribution in [0, 0.1) is 0 Å². The summed E-state index contributed by atoms with van der Waals surface area (Å²) in [5, 5.41) is 4.16. The molecule has 3 heterocycles. The Labute approximate surface area is 169 Å². The van der Waals surface area contributed by atoms with Gasteiger partial charge in [0.25, 0.3) is 5.91 Å². The number of hydrogen-bond donors (Lipinski definition) is 2. The number of quaternary nitrogens is 1. The zero-order valence-corrected chi connectivity index (χ0v) is 16.3. The van der Waals surface area contributed by atoms with E-state index in [1.54, 1.807) is 12.4 Å². The number of carbonyl (C=O) groups is 1. The fraction of sp³-hybridized carbons (Fsp3) is 0.364. The number of nitrogens with one attached hydrogen (secondary N) is 2. The third-order valence-corrected chi connectivity index (χ3v) is 5.63. The molecule has 0 unspecified atom stereocenters. The Balaban J connectivity index is 1.36. The highest BCUT2D eigenvalue weighted by Gasteiger charge is 2.28. The number of anilines is 1. The van der Waals surface area contributed by atoms with Crippen LogP contribution in [0.5, 0.6) is 0 Å². The normalized spacial score (nSPS) is 17.4. The Morgan fingerprint density at radius 2 is 1.93 bits per heavy atom. The maximum Gasteiger partial charge on any atom is 0.275 e. The fourth-order valence-corrected chi connectivity index (χ4v) is 3.87. The van der Waals surface area contributed by atoms with Crippen molar-refractivity contribution in [1.29, 1.82) is 0 Å². The van der Waals surface area contributed by atoms with Gasteiger partial charge in [-0.15, -0.1) is 0 Å². The van der Waals surface area contributed by atoms with Gasteiger partial charge in [-0.1, -0.05) is 12.1 Å². The van der Waals surface area contributed by atoms with Gasteiger partial charge in [-0.2, -0.15) is 0 Å². The lowest BCUT2D eigenvalue weighted by atomic mass is 10.2. The van der Waals surface area contributed by atoms with E-state index in [1.165, 1.54) is 4.90 Å². The summed E-state index contributed by atoms with van der Waals surface area (Å²) < 4.78 is 0. The summed E-state index contributed by atoms with van der Waals surface area (Å²) in [6.07, 6.45) is 5.82. The quantitative estimate of drug-likeness (QED) is 0.671. The van der Waals surface area contributed by atoms with E-state index in [1.807, 2.05) is 30.3 Å². The summed E-state index contributed by atoms with van der Waals surface area (Å²) in [6.45, 7) is 4.17. The van der Waals surface area contributed by atoms with Crippen molar-refractivity contribution in [1.82, 2.24) is 20.3 Å². The van der Waals surface area contributed by atoms with Gasteiger partial charge in [-0.3, -0.25) is 9.78 Å². The molecule has 2 aliphatic rings. The molecule has 0 radical (unpaired) electrons. The van der Waals surface area contributed by atoms with Gasteiger partial charge in [0.2, 0.25) is 0 Å². The van der Waals surface area contributed by atoms with Gasteiger partial charge in [0.05, 0.1) is 31.7 Å². The van der Waals surface area contributed by atoms with Crippen molar-refractivity contribution < 1.29 is 9.69 Å². The summed E-state index contributed by atoms with van der Waals surface area (Å²) in [7, 11) is 0. The van der Waals surface area contributed by atoms with E-state index in [-0.39, 0.29) is 5.91 Å². The van der Waals surface area contributed by atoms with E-state index in [9.17, 15) is 4.79 Å². The first kappa shape index (κ1) is 18.0. The number of pyridine rings is 1. The average Bonchev–Trinajstić information content (AvgIpc) is 3.58. The van der Waals surface area contributed by atoms with Crippen LogP contribution in [-0.2, 0) is 4.79 Å². The van der Waals surface area contributed by atoms with Crippen molar-refractivity contribution >= 4 is 22.6 Å². The topological polar surface area (TPSA) is 75.5 Å². The summed E-state index contributed by atoms with van der Waals surface area (Å²) in [6, 6.07) is 12.5. The number of hydrogen-bond acceptors (Lipinski definition) is 5. The van der Waals surface area contributed by atoms with Crippen molar-refractivity contribution in [3.05, 3.63) is 48.8 Å². The Morgan fingerprint density at radius 3 is 2.69 bits per heavy atom. The van der Waals surface area contributed by atoms with Crippen molar-refractivity contribution in [3.63, 3.8) is 0 Å². The molecule has 2 N–H and O–H groups in total. The highest BCUT2D eigenvalue weighted by molar-refractivity contribution is 5.91. The molecule has 29 heavy (non-hydrogen) atoms. The molecule has 148 valence electrons. The molecule has 2 fully saturated rings. The van der Waals surface area contributed by atoms with Crippen molar-refractivity contribution in [3.8, 4) is 11.4 Å². The zero-order valence-electron chi connectivity index (χ0n) is 16.3. The number of rotatable bonds is 5. The Kier molecular flexibility index (Phi) is 4.81. The summed E-state index contributed by atoms with van der Waals surface area (Å²) in [5.74, 6) is 1.85. The molecule has 3 aromatic rings. The van der Waals surface area contributed by atoms with Crippen LogP contribution in [0.4, 0.5) is 5.82 Å². The average molecular weight is 389 g/mol. The van der Waals surface area contributed by atoms with Gasteiger partial charge in [0, 0.05) is 29.4 Å². The minimum Gasteiger partial charge on any atom is -0.348 e. The molecular formula is C22H25N6O+. The summed E-state index contributed by atoms with van der Waals surface area (Å²) in [5.41, 5.74) is 1.86. The minimum absolute atomic E-state index is 0.183. The number of benzene rings is 1. The lowest BCUT2D eigenvalue weighted by Gasteiger charge is -2.33. The molecule has 7 heteroatoms. The van der Waals surface area contributed by atoms with Crippen LogP contribution < -0.4 is 15.1 Å². The molecule has 1 amide bonds. The van der Waals surface area contributed by atoms with E-state index in [0.29, 0.717) is 18.4 Å². The van der Waals surface area contributed by atoms with Crippen LogP contribution in [-0.4, -0.2) is 59.6 Å². The van der Waals surface area contributed by atoms with Gasteiger partial charge in [-0.25, -0.2) is 9.97 Å². The zero-order chi connectivity index (χ0) is 19.6. The molecule has 5 rings (SSSR count). The Hall–Kier alpha value is -3.06. The van der Waals surface area contributed by atoms with Crippen LogP contribution in [0.1, 0.15) is 12.8 Å². The SMILES string of the molecule is O=C(C[NH+]1CCN(c2nc(-c3cccnc3)nc3ccccc23)CC1)NC1CC1. The van der Waals surface area contributed by atoms with Crippen molar-refractivity contribution in [2.45, 2.75) is 18.9 Å². The van der Waals surface area contributed by atoms with Gasteiger partial charge in [-0.05, 0) is 37.1 Å². The molecule has 1 aliphatic heterocycles. The van der Waals surface area contributed by atoms with Gasteiger partial charge in [0.1, 0.15) is 5.82 Å².